The second-order valence-electron chi connectivity index (χ2n) is 4.63. The highest BCUT2D eigenvalue weighted by molar-refractivity contribution is 5.89. The molecule has 0 saturated heterocycles. The number of rotatable bonds is 6. The quantitative estimate of drug-likeness (QED) is 0.370. The maximum Gasteiger partial charge on any atom is 0.331 e. The van der Waals surface area contributed by atoms with Gasteiger partial charge in [0.25, 0.3) is 11.6 Å². The molecule has 2 rings (SSSR count). The zero-order chi connectivity index (χ0) is 15.2. The number of ether oxygens (including phenoxy) is 1. The molecule has 7 heteroatoms. The third kappa shape index (κ3) is 5.06. The van der Waals surface area contributed by atoms with Crippen LogP contribution in [-0.2, 0) is 14.3 Å². The summed E-state index contributed by atoms with van der Waals surface area (Å²) in [7, 11) is 0. The summed E-state index contributed by atoms with van der Waals surface area (Å²) >= 11 is 0. The van der Waals surface area contributed by atoms with E-state index in [4.69, 9.17) is 4.74 Å². The lowest BCUT2D eigenvalue weighted by molar-refractivity contribution is -0.384. The molecule has 1 aromatic carbocycles. The van der Waals surface area contributed by atoms with Gasteiger partial charge in [-0.15, -0.1) is 0 Å². The first-order chi connectivity index (χ1) is 10.0. The van der Waals surface area contributed by atoms with Crippen LogP contribution in [0.4, 0.5) is 5.69 Å². The molecule has 0 aliphatic heterocycles. The molecule has 1 N–H and O–H groups in total. The second-order valence-corrected chi connectivity index (χ2v) is 4.63. The van der Waals surface area contributed by atoms with Gasteiger partial charge in [-0.25, -0.2) is 4.79 Å². The number of benzene rings is 1. The second kappa shape index (κ2) is 6.65. The summed E-state index contributed by atoms with van der Waals surface area (Å²) in [6.45, 7) is -0.306. The molecule has 1 saturated carbocycles. The molecule has 0 heterocycles. The summed E-state index contributed by atoms with van der Waals surface area (Å²) in [6, 6.07) is 5.94. The van der Waals surface area contributed by atoms with E-state index in [0.29, 0.717) is 5.56 Å². The summed E-state index contributed by atoms with van der Waals surface area (Å²) in [5.41, 5.74) is 0.603. The SMILES string of the molecule is O=C(COC(=O)/C=C/c1ccc([N+](=O)[O-])cc1)NC1CC1. The van der Waals surface area contributed by atoms with E-state index in [1.165, 1.54) is 36.4 Å². The molecule has 21 heavy (non-hydrogen) atoms. The number of carbonyl (C=O) groups is 2. The Bertz CT molecular complexity index is 576. The molecule has 0 unspecified atom stereocenters. The van der Waals surface area contributed by atoms with Gasteiger partial charge in [-0.1, -0.05) is 0 Å². The summed E-state index contributed by atoms with van der Waals surface area (Å²) in [6.07, 6.45) is 4.58. The number of nitrogens with zero attached hydrogens (tertiary/aromatic N) is 1. The van der Waals surface area contributed by atoms with Gasteiger partial charge in [0, 0.05) is 24.3 Å². The Hall–Kier alpha value is -2.70. The fraction of sp³-hybridized carbons (Fsp3) is 0.286. The normalized spacial score (nSPS) is 13.9. The predicted octanol–water partition coefficient (Wildman–Crippen LogP) is 1.43. The first-order valence-corrected chi connectivity index (χ1v) is 6.43. The molecule has 0 atom stereocenters. The zero-order valence-electron chi connectivity index (χ0n) is 11.2. The van der Waals surface area contributed by atoms with E-state index < -0.39 is 10.9 Å². The Morgan fingerprint density at radius 2 is 2.00 bits per heavy atom. The van der Waals surface area contributed by atoms with Crippen molar-refractivity contribution in [3.63, 3.8) is 0 Å². The lowest BCUT2D eigenvalue weighted by Crippen LogP contribution is -2.30. The minimum atomic E-state index is -0.640. The van der Waals surface area contributed by atoms with E-state index >= 15 is 0 Å². The number of nitrogens with one attached hydrogen (secondary N) is 1. The van der Waals surface area contributed by atoms with Crippen LogP contribution in [0.5, 0.6) is 0 Å². The summed E-state index contributed by atoms with van der Waals surface area (Å²) in [4.78, 5) is 32.7. The highest BCUT2D eigenvalue weighted by Gasteiger charge is 2.23. The molecular formula is C14H14N2O5. The van der Waals surface area contributed by atoms with Gasteiger partial charge in [-0.2, -0.15) is 0 Å². The zero-order valence-corrected chi connectivity index (χ0v) is 11.2. The topological polar surface area (TPSA) is 98.5 Å². The van der Waals surface area contributed by atoms with Crippen molar-refractivity contribution in [3.8, 4) is 0 Å². The predicted molar refractivity (Wildman–Crippen MR) is 74.3 cm³/mol. The van der Waals surface area contributed by atoms with E-state index in [-0.39, 0.29) is 24.2 Å². The smallest absolute Gasteiger partial charge is 0.331 e. The highest BCUT2D eigenvalue weighted by Crippen LogP contribution is 2.18. The van der Waals surface area contributed by atoms with Gasteiger partial charge in [0.2, 0.25) is 0 Å². The van der Waals surface area contributed by atoms with E-state index in [1.54, 1.807) is 0 Å². The molecule has 0 aromatic heterocycles. The van der Waals surface area contributed by atoms with E-state index in [1.807, 2.05) is 0 Å². The molecule has 1 fully saturated rings. The van der Waals surface area contributed by atoms with E-state index in [2.05, 4.69) is 5.32 Å². The Morgan fingerprint density at radius 1 is 1.33 bits per heavy atom. The lowest BCUT2D eigenvalue weighted by Gasteiger charge is -2.02. The minimum Gasteiger partial charge on any atom is -0.452 e. The van der Waals surface area contributed by atoms with Crippen LogP contribution in [0, 0.1) is 10.1 Å². The van der Waals surface area contributed by atoms with Crippen molar-refractivity contribution in [1.29, 1.82) is 0 Å². The van der Waals surface area contributed by atoms with Crippen LogP contribution in [0.2, 0.25) is 0 Å². The molecule has 0 radical (unpaired) electrons. The average Bonchev–Trinajstić information content (AvgIpc) is 3.27. The van der Waals surface area contributed by atoms with Crippen LogP contribution in [0.25, 0.3) is 6.08 Å². The van der Waals surface area contributed by atoms with Crippen LogP contribution in [-0.4, -0.2) is 29.4 Å². The maximum atomic E-state index is 11.4. The molecule has 1 amide bonds. The van der Waals surface area contributed by atoms with E-state index in [0.717, 1.165) is 12.8 Å². The van der Waals surface area contributed by atoms with Crippen molar-refractivity contribution in [2.45, 2.75) is 18.9 Å². The van der Waals surface area contributed by atoms with Crippen molar-refractivity contribution in [1.82, 2.24) is 5.32 Å². The van der Waals surface area contributed by atoms with Gasteiger partial charge in [0.15, 0.2) is 6.61 Å². The number of hydrogen-bond donors (Lipinski definition) is 1. The molecule has 0 bridgehead atoms. The molecular weight excluding hydrogens is 276 g/mol. The maximum absolute atomic E-state index is 11.4. The van der Waals surface area contributed by atoms with Crippen molar-refractivity contribution < 1.29 is 19.2 Å². The van der Waals surface area contributed by atoms with Gasteiger partial charge in [-0.3, -0.25) is 14.9 Å². The largest absolute Gasteiger partial charge is 0.452 e. The fourth-order valence-corrected chi connectivity index (χ4v) is 1.55. The standard InChI is InChI=1S/C14H14N2O5/c17-13(15-11-4-5-11)9-21-14(18)8-3-10-1-6-12(7-2-10)16(19)20/h1-3,6-8,11H,4-5,9H2,(H,15,17)/b8-3+. The van der Waals surface area contributed by atoms with Crippen LogP contribution < -0.4 is 5.32 Å². The van der Waals surface area contributed by atoms with E-state index in [9.17, 15) is 19.7 Å². The molecule has 1 aliphatic rings. The van der Waals surface area contributed by atoms with Crippen LogP contribution in [0.1, 0.15) is 18.4 Å². The Morgan fingerprint density at radius 3 is 2.57 bits per heavy atom. The van der Waals surface area contributed by atoms with Gasteiger partial charge in [0.1, 0.15) is 0 Å². The number of hydrogen-bond acceptors (Lipinski definition) is 5. The van der Waals surface area contributed by atoms with Crippen LogP contribution >= 0.6 is 0 Å². The van der Waals surface area contributed by atoms with Gasteiger partial charge < -0.3 is 10.1 Å². The average molecular weight is 290 g/mol. The third-order valence-electron chi connectivity index (χ3n) is 2.80. The van der Waals surface area contributed by atoms with Crippen LogP contribution in [0.3, 0.4) is 0 Å². The fourth-order valence-electron chi connectivity index (χ4n) is 1.55. The first kappa shape index (κ1) is 14.7. The number of amides is 1. The van der Waals surface area contributed by atoms with Gasteiger partial charge >= 0.3 is 5.97 Å². The molecule has 110 valence electrons. The molecule has 0 spiro atoms. The molecule has 1 aliphatic carbocycles. The Labute approximate surface area is 120 Å². The summed E-state index contributed by atoms with van der Waals surface area (Å²) in [5.74, 6) is -0.950. The third-order valence-corrected chi connectivity index (χ3v) is 2.80. The monoisotopic (exact) mass is 290 g/mol. The molecule has 1 aromatic rings. The van der Waals surface area contributed by atoms with Gasteiger partial charge in [0.05, 0.1) is 4.92 Å². The number of esters is 1. The summed E-state index contributed by atoms with van der Waals surface area (Å²) < 4.78 is 4.77. The van der Waals surface area contributed by atoms with Crippen LogP contribution in [0.15, 0.2) is 30.3 Å². The first-order valence-electron chi connectivity index (χ1n) is 6.43. The Kier molecular flexibility index (Phi) is 4.65. The number of nitro groups is 1. The van der Waals surface area contributed by atoms with Crippen molar-refractivity contribution in [3.05, 3.63) is 46.0 Å². The number of non-ortho nitro benzene ring substituents is 1. The highest BCUT2D eigenvalue weighted by atomic mass is 16.6. The van der Waals surface area contributed by atoms with Crippen molar-refractivity contribution >= 4 is 23.6 Å². The van der Waals surface area contributed by atoms with Gasteiger partial charge in [-0.05, 0) is 36.6 Å². The lowest BCUT2D eigenvalue weighted by atomic mass is 10.2. The van der Waals surface area contributed by atoms with Crippen molar-refractivity contribution in [2.24, 2.45) is 0 Å². The summed E-state index contributed by atoms with van der Waals surface area (Å²) in [5, 5.41) is 13.2. The Balaban J connectivity index is 1.77. The number of carbonyl (C=O) groups excluding carboxylic acids is 2. The number of nitro benzene ring substituents is 1. The molecule has 7 nitrogen and oxygen atoms in total. The minimum absolute atomic E-state index is 0.0218. The van der Waals surface area contributed by atoms with Crippen molar-refractivity contribution in [2.75, 3.05) is 6.61 Å².